The normalized spacial score (nSPS) is 10.1. The molecule has 0 spiro atoms. The van der Waals surface area contributed by atoms with Crippen molar-refractivity contribution in [2.24, 2.45) is 0 Å². The minimum absolute atomic E-state index is 0.0464. The Morgan fingerprint density at radius 3 is 2.38 bits per heavy atom. The van der Waals surface area contributed by atoms with Crippen LogP contribution in [0.3, 0.4) is 0 Å². The predicted octanol–water partition coefficient (Wildman–Crippen LogP) is 3.07. The van der Waals surface area contributed by atoms with Crippen molar-refractivity contribution >= 4 is 23.0 Å². The predicted molar refractivity (Wildman–Crippen MR) is 85.4 cm³/mol. The molecule has 0 aliphatic heterocycles. The summed E-state index contributed by atoms with van der Waals surface area (Å²) in [5.41, 5.74) is 0.196. The monoisotopic (exact) mass is 331 g/mol. The maximum absolute atomic E-state index is 12.4. The van der Waals surface area contributed by atoms with Gasteiger partial charge in [0.25, 0.3) is 17.3 Å². The highest BCUT2D eigenvalue weighted by Gasteiger charge is 2.19. The van der Waals surface area contributed by atoms with Gasteiger partial charge in [0.2, 0.25) is 0 Å². The molecule has 2 aromatic carbocycles. The second kappa shape index (κ2) is 6.73. The van der Waals surface area contributed by atoms with Crippen LogP contribution < -0.4 is 10.1 Å². The van der Waals surface area contributed by atoms with E-state index in [4.69, 9.17) is 4.74 Å². The van der Waals surface area contributed by atoms with Crippen LogP contribution in [-0.4, -0.2) is 22.9 Å². The highest BCUT2D eigenvalue weighted by atomic mass is 16.6. The Kier molecular flexibility index (Phi) is 4.73. The molecule has 0 unspecified atom stereocenters. The summed E-state index contributed by atoms with van der Waals surface area (Å²) in [6.45, 7) is 1.58. The van der Waals surface area contributed by atoms with Crippen molar-refractivity contribution in [1.82, 2.24) is 0 Å². The second-order valence-electron chi connectivity index (χ2n) is 4.85. The molecule has 1 N–H and O–H groups in total. The van der Waals surface area contributed by atoms with Gasteiger partial charge in [0.05, 0.1) is 22.5 Å². The van der Waals surface area contributed by atoms with Gasteiger partial charge in [-0.3, -0.25) is 25.0 Å². The molecule has 9 nitrogen and oxygen atoms in total. The molecule has 0 aliphatic rings. The topological polar surface area (TPSA) is 125 Å². The van der Waals surface area contributed by atoms with Gasteiger partial charge in [0.15, 0.2) is 0 Å². The van der Waals surface area contributed by atoms with Gasteiger partial charge >= 0.3 is 0 Å². The number of amides is 1. The summed E-state index contributed by atoms with van der Waals surface area (Å²) >= 11 is 0. The molecule has 0 radical (unpaired) electrons. The largest absolute Gasteiger partial charge is 0.496 e. The summed E-state index contributed by atoms with van der Waals surface area (Å²) in [7, 11) is 1.33. The number of anilines is 1. The van der Waals surface area contributed by atoms with Crippen molar-refractivity contribution in [2.75, 3.05) is 12.4 Å². The van der Waals surface area contributed by atoms with Crippen LogP contribution in [0.4, 0.5) is 17.1 Å². The smallest absolute Gasteiger partial charge is 0.274 e. The van der Waals surface area contributed by atoms with Crippen LogP contribution in [0, 0.1) is 27.2 Å². The van der Waals surface area contributed by atoms with E-state index in [1.807, 2.05) is 0 Å². The van der Waals surface area contributed by atoms with Gasteiger partial charge < -0.3 is 10.1 Å². The average molecular weight is 331 g/mol. The lowest BCUT2D eigenvalue weighted by Crippen LogP contribution is -2.14. The van der Waals surface area contributed by atoms with Crippen LogP contribution in [0.1, 0.15) is 15.9 Å². The number of nitro groups is 2. The first-order chi connectivity index (χ1) is 11.3. The fourth-order valence-electron chi connectivity index (χ4n) is 2.07. The Balaban J connectivity index is 2.36. The minimum atomic E-state index is -0.672. The average Bonchev–Trinajstić information content (AvgIpc) is 2.55. The lowest BCUT2D eigenvalue weighted by Gasteiger charge is -2.09. The van der Waals surface area contributed by atoms with Gasteiger partial charge in [-0.25, -0.2) is 0 Å². The molecule has 0 saturated heterocycles. The highest BCUT2D eigenvalue weighted by Crippen LogP contribution is 2.26. The van der Waals surface area contributed by atoms with E-state index in [9.17, 15) is 25.0 Å². The van der Waals surface area contributed by atoms with Crippen molar-refractivity contribution in [3.05, 3.63) is 67.8 Å². The zero-order valence-electron chi connectivity index (χ0n) is 12.8. The van der Waals surface area contributed by atoms with E-state index >= 15 is 0 Å². The van der Waals surface area contributed by atoms with E-state index in [0.717, 1.165) is 6.07 Å². The third kappa shape index (κ3) is 3.46. The van der Waals surface area contributed by atoms with Crippen molar-refractivity contribution in [3.8, 4) is 5.75 Å². The Morgan fingerprint density at radius 1 is 1.08 bits per heavy atom. The number of hydrogen-bond acceptors (Lipinski definition) is 6. The molecular weight excluding hydrogens is 318 g/mol. The van der Waals surface area contributed by atoms with Crippen molar-refractivity contribution in [1.29, 1.82) is 0 Å². The first kappa shape index (κ1) is 16.9. The summed E-state index contributed by atoms with van der Waals surface area (Å²) in [6.07, 6.45) is 0. The number of hydrogen-bond donors (Lipinski definition) is 1. The number of aryl methyl sites for hydroxylation is 1. The fraction of sp³-hybridized carbons (Fsp3) is 0.133. The van der Waals surface area contributed by atoms with Crippen molar-refractivity contribution < 1.29 is 19.4 Å². The van der Waals surface area contributed by atoms with E-state index < -0.39 is 15.8 Å². The lowest BCUT2D eigenvalue weighted by atomic mass is 10.1. The molecule has 9 heteroatoms. The van der Waals surface area contributed by atoms with Crippen LogP contribution in [0.2, 0.25) is 0 Å². The minimum Gasteiger partial charge on any atom is -0.496 e. The number of methoxy groups -OCH3 is 1. The summed E-state index contributed by atoms with van der Waals surface area (Å²) in [5, 5.41) is 24.3. The van der Waals surface area contributed by atoms with E-state index in [-0.39, 0.29) is 28.4 Å². The van der Waals surface area contributed by atoms with Gasteiger partial charge in [-0.15, -0.1) is 0 Å². The van der Waals surface area contributed by atoms with Crippen LogP contribution in [0.5, 0.6) is 5.75 Å². The standard InChI is InChI=1S/C15H13N3O6/c1-9-3-4-10(7-13(9)18(22)23)16-15(19)12-8-11(17(20)21)5-6-14(12)24-2/h3-8H,1-2H3,(H,16,19). The molecule has 0 bridgehead atoms. The zero-order valence-corrected chi connectivity index (χ0v) is 12.8. The number of ether oxygens (including phenoxy) is 1. The molecule has 0 saturated carbocycles. The van der Waals surface area contributed by atoms with Gasteiger partial charge in [-0.1, -0.05) is 6.07 Å². The molecule has 1 amide bonds. The SMILES string of the molecule is COc1ccc([N+](=O)[O-])cc1C(=O)Nc1ccc(C)c([N+](=O)[O-])c1. The van der Waals surface area contributed by atoms with Crippen LogP contribution in [-0.2, 0) is 0 Å². The molecule has 0 atom stereocenters. The molecule has 2 aromatic rings. The highest BCUT2D eigenvalue weighted by molar-refractivity contribution is 6.06. The van der Waals surface area contributed by atoms with Gasteiger partial charge in [0, 0.05) is 29.4 Å². The Bertz CT molecular complexity index is 834. The van der Waals surface area contributed by atoms with E-state index in [1.165, 1.54) is 37.4 Å². The number of nitro benzene ring substituents is 2. The van der Waals surface area contributed by atoms with Crippen LogP contribution >= 0.6 is 0 Å². The first-order valence-corrected chi connectivity index (χ1v) is 6.72. The van der Waals surface area contributed by atoms with Crippen molar-refractivity contribution in [3.63, 3.8) is 0 Å². The third-order valence-corrected chi connectivity index (χ3v) is 3.30. The summed E-state index contributed by atoms with van der Waals surface area (Å²) in [6, 6.07) is 7.83. The first-order valence-electron chi connectivity index (χ1n) is 6.72. The maximum atomic E-state index is 12.4. The molecule has 0 aromatic heterocycles. The Hall–Kier alpha value is -3.49. The number of nitrogens with one attached hydrogen (secondary N) is 1. The fourth-order valence-corrected chi connectivity index (χ4v) is 2.07. The van der Waals surface area contributed by atoms with Crippen LogP contribution in [0.15, 0.2) is 36.4 Å². The third-order valence-electron chi connectivity index (χ3n) is 3.30. The van der Waals surface area contributed by atoms with E-state index in [2.05, 4.69) is 5.32 Å². The van der Waals surface area contributed by atoms with Crippen molar-refractivity contribution in [2.45, 2.75) is 6.92 Å². The number of carbonyl (C=O) groups excluding carboxylic acids is 1. The molecule has 24 heavy (non-hydrogen) atoms. The molecule has 0 fully saturated rings. The van der Waals surface area contributed by atoms with Crippen LogP contribution in [0.25, 0.3) is 0 Å². The summed E-state index contributed by atoms with van der Waals surface area (Å²) < 4.78 is 5.03. The molecule has 0 heterocycles. The number of non-ortho nitro benzene ring substituents is 1. The maximum Gasteiger partial charge on any atom is 0.274 e. The molecule has 2 rings (SSSR count). The number of nitrogens with zero attached hydrogens (tertiary/aromatic N) is 2. The quantitative estimate of drug-likeness (QED) is 0.663. The second-order valence-corrected chi connectivity index (χ2v) is 4.85. The molecule has 0 aliphatic carbocycles. The van der Waals surface area contributed by atoms with E-state index in [0.29, 0.717) is 5.56 Å². The Labute approximate surface area is 136 Å². The lowest BCUT2D eigenvalue weighted by molar-refractivity contribution is -0.385. The summed E-state index contributed by atoms with van der Waals surface area (Å²) in [5.74, 6) is -0.520. The molecular formula is C15H13N3O6. The number of benzene rings is 2. The number of carbonyl (C=O) groups is 1. The summed E-state index contributed by atoms with van der Waals surface area (Å²) in [4.78, 5) is 33.0. The number of rotatable bonds is 5. The zero-order chi connectivity index (χ0) is 17.9. The van der Waals surface area contributed by atoms with E-state index in [1.54, 1.807) is 6.92 Å². The molecule has 124 valence electrons. The van der Waals surface area contributed by atoms with Gasteiger partial charge in [-0.05, 0) is 19.1 Å². The Morgan fingerprint density at radius 2 is 1.79 bits per heavy atom. The van der Waals surface area contributed by atoms with Gasteiger partial charge in [0.1, 0.15) is 5.75 Å². The van der Waals surface area contributed by atoms with Gasteiger partial charge in [-0.2, -0.15) is 0 Å².